The topological polar surface area (TPSA) is 29.5 Å². The van der Waals surface area contributed by atoms with Crippen LogP contribution in [-0.2, 0) is 16.5 Å². The van der Waals surface area contributed by atoms with E-state index in [1.54, 1.807) is 6.07 Å². The minimum atomic E-state index is -4.39. The molecular weight excluding hydrogens is 269 g/mol. The minimum Gasteiger partial charge on any atom is -0.385 e. The molecule has 0 aliphatic carbocycles. The Hall–Kier alpha value is -1.07. The molecule has 5 heteroatoms. The van der Waals surface area contributed by atoms with Crippen molar-refractivity contribution >= 4 is 0 Å². The molecule has 1 aromatic rings. The Labute approximate surface area is 115 Å². The van der Waals surface area contributed by atoms with Gasteiger partial charge in [-0.15, -0.1) is 0 Å². The number of alkyl halides is 3. The SMILES string of the molecule is Cc1c(C(F)(F)F)cccc1C1(O)CC2CCC(C1)O2. The number of aliphatic hydroxyl groups is 1. The molecule has 2 atom stereocenters. The molecule has 0 spiro atoms. The monoisotopic (exact) mass is 286 g/mol. The molecule has 2 heterocycles. The Balaban J connectivity index is 2.02. The van der Waals surface area contributed by atoms with Crippen LogP contribution in [0.4, 0.5) is 13.2 Å². The molecule has 1 N–H and O–H groups in total. The molecule has 2 saturated heterocycles. The average Bonchev–Trinajstić information content (AvgIpc) is 2.68. The number of hydrogen-bond acceptors (Lipinski definition) is 2. The van der Waals surface area contributed by atoms with E-state index in [1.165, 1.54) is 13.0 Å². The molecule has 2 bridgehead atoms. The summed E-state index contributed by atoms with van der Waals surface area (Å²) in [5, 5.41) is 10.8. The number of benzene rings is 1. The third kappa shape index (κ3) is 2.23. The zero-order chi connectivity index (χ0) is 14.5. The smallest absolute Gasteiger partial charge is 0.385 e. The predicted octanol–water partition coefficient (Wildman–Crippen LogP) is 3.54. The average molecular weight is 286 g/mol. The Bertz CT molecular complexity index is 512. The summed E-state index contributed by atoms with van der Waals surface area (Å²) < 4.78 is 44.6. The molecule has 2 nitrogen and oxygen atoms in total. The fourth-order valence-electron chi connectivity index (χ4n) is 3.58. The molecule has 0 radical (unpaired) electrons. The molecule has 110 valence electrons. The highest BCUT2D eigenvalue weighted by atomic mass is 19.4. The van der Waals surface area contributed by atoms with Gasteiger partial charge in [-0.05, 0) is 37.0 Å². The largest absolute Gasteiger partial charge is 0.416 e. The van der Waals surface area contributed by atoms with Crippen LogP contribution in [0, 0.1) is 6.92 Å². The van der Waals surface area contributed by atoms with Crippen LogP contribution in [-0.4, -0.2) is 17.3 Å². The summed E-state index contributed by atoms with van der Waals surface area (Å²) in [6.07, 6.45) is -1.94. The highest BCUT2D eigenvalue weighted by Crippen LogP contribution is 2.46. The summed E-state index contributed by atoms with van der Waals surface area (Å²) >= 11 is 0. The van der Waals surface area contributed by atoms with Crippen LogP contribution in [0.25, 0.3) is 0 Å². The van der Waals surface area contributed by atoms with E-state index in [4.69, 9.17) is 4.74 Å². The minimum absolute atomic E-state index is 0.0345. The van der Waals surface area contributed by atoms with Gasteiger partial charge in [0.05, 0.1) is 23.4 Å². The van der Waals surface area contributed by atoms with Crippen molar-refractivity contribution in [1.29, 1.82) is 0 Å². The second-order valence-corrected chi connectivity index (χ2v) is 5.87. The normalized spacial score (nSPS) is 33.5. The van der Waals surface area contributed by atoms with E-state index >= 15 is 0 Å². The van der Waals surface area contributed by atoms with Crippen molar-refractivity contribution in [3.05, 3.63) is 34.9 Å². The van der Waals surface area contributed by atoms with Crippen molar-refractivity contribution in [2.75, 3.05) is 0 Å². The predicted molar refractivity (Wildman–Crippen MR) is 67.2 cm³/mol. The van der Waals surface area contributed by atoms with Gasteiger partial charge in [0.1, 0.15) is 0 Å². The van der Waals surface area contributed by atoms with E-state index in [1.807, 2.05) is 0 Å². The Morgan fingerprint density at radius 2 is 1.80 bits per heavy atom. The first kappa shape index (κ1) is 13.9. The van der Waals surface area contributed by atoms with Gasteiger partial charge in [0.2, 0.25) is 0 Å². The molecular formula is C15H17F3O2. The standard InChI is InChI=1S/C15H17F3O2/c1-9-12(3-2-4-13(9)15(16,17)18)14(19)7-10-5-6-11(8-14)20-10/h2-4,10-11,19H,5-8H2,1H3. The van der Waals surface area contributed by atoms with Gasteiger partial charge in [0.15, 0.2) is 0 Å². The van der Waals surface area contributed by atoms with Crippen molar-refractivity contribution in [1.82, 2.24) is 0 Å². The number of rotatable bonds is 1. The maximum atomic E-state index is 13.0. The Morgan fingerprint density at radius 1 is 1.20 bits per heavy atom. The Morgan fingerprint density at radius 3 is 2.35 bits per heavy atom. The van der Waals surface area contributed by atoms with Crippen LogP contribution in [0.2, 0.25) is 0 Å². The third-order valence-electron chi connectivity index (χ3n) is 4.47. The van der Waals surface area contributed by atoms with E-state index in [9.17, 15) is 18.3 Å². The van der Waals surface area contributed by atoms with Crippen molar-refractivity contribution in [3.63, 3.8) is 0 Å². The van der Waals surface area contributed by atoms with Crippen LogP contribution in [0.1, 0.15) is 42.4 Å². The molecule has 2 unspecified atom stereocenters. The van der Waals surface area contributed by atoms with Gasteiger partial charge >= 0.3 is 6.18 Å². The summed E-state index contributed by atoms with van der Waals surface area (Å²) in [6, 6.07) is 4.05. The second kappa shape index (κ2) is 4.46. The first-order valence-corrected chi connectivity index (χ1v) is 6.85. The van der Waals surface area contributed by atoms with Crippen LogP contribution in [0.15, 0.2) is 18.2 Å². The fourth-order valence-corrected chi connectivity index (χ4v) is 3.58. The first-order chi connectivity index (χ1) is 9.29. The van der Waals surface area contributed by atoms with Gasteiger partial charge in [-0.25, -0.2) is 0 Å². The maximum absolute atomic E-state index is 13.0. The van der Waals surface area contributed by atoms with Crippen LogP contribution in [0.3, 0.4) is 0 Å². The number of fused-ring (bicyclic) bond motifs is 2. The van der Waals surface area contributed by atoms with Crippen molar-refractivity contribution in [2.45, 2.75) is 56.6 Å². The van der Waals surface area contributed by atoms with Gasteiger partial charge < -0.3 is 9.84 Å². The Kier molecular flexibility index (Phi) is 3.10. The lowest BCUT2D eigenvalue weighted by molar-refractivity contribution is -0.138. The zero-order valence-electron chi connectivity index (χ0n) is 11.2. The van der Waals surface area contributed by atoms with E-state index in [0.29, 0.717) is 18.4 Å². The van der Waals surface area contributed by atoms with Gasteiger partial charge in [0.25, 0.3) is 0 Å². The van der Waals surface area contributed by atoms with Crippen LogP contribution < -0.4 is 0 Å². The van der Waals surface area contributed by atoms with Crippen molar-refractivity contribution in [3.8, 4) is 0 Å². The molecule has 2 fully saturated rings. The lowest BCUT2D eigenvalue weighted by Crippen LogP contribution is -2.39. The van der Waals surface area contributed by atoms with E-state index < -0.39 is 17.3 Å². The van der Waals surface area contributed by atoms with E-state index in [-0.39, 0.29) is 17.8 Å². The molecule has 2 aliphatic heterocycles. The summed E-state index contributed by atoms with van der Waals surface area (Å²) in [7, 11) is 0. The molecule has 0 amide bonds. The highest BCUT2D eigenvalue weighted by Gasteiger charge is 2.46. The summed E-state index contributed by atoms with van der Waals surface area (Å²) in [4.78, 5) is 0. The fraction of sp³-hybridized carbons (Fsp3) is 0.600. The number of hydrogen-bond donors (Lipinski definition) is 1. The van der Waals surface area contributed by atoms with Gasteiger partial charge in [-0.2, -0.15) is 13.2 Å². The lowest BCUT2D eigenvalue weighted by atomic mass is 9.80. The van der Waals surface area contributed by atoms with Crippen molar-refractivity contribution in [2.24, 2.45) is 0 Å². The zero-order valence-corrected chi connectivity index (χ0v) is 11.2. The lowest BCUT2D eigenvalue weighted by Gasteiger charge is -2.38. The molecule has 2 aliphatic rings. The second-order valence-electron chi connectivity index (χ2n) is 5.87. The molecule has 3 rings (SSSR count). The van der Waals surface area contributed by atoms with Gasteiger partial charge in [0, 0.05) is 12.8 Å². The van der Waals surface area contributed by atoms with E-state index in [0.717, 1.165) is 18.9 Å². The highest BCUT2D eigenvalue weighted by molar-refractivity contribution is 5.40. The van der Waals surface area contributed by atoms with Crippen LogP contribution >= 0.6 is 0 Å². The summed E-state index contributed by atoms with van der Waals surface area (Å²) in [5.74, 6) is 0. The first-order valence-electron chi connectivity index (χ1n) is 6.85. The third-order valence-corrected chi connectivity index (χ3v) is 4.47. The molecule has 20 heavy (non-hydrogen) atoms. The number of halogens is 3. The van der Waals surface area contributed by atoms with Gasteiger partial charge in [-0.3, -0.25) is 0 Å². The molecule has 0 saturated carbocycles. The molecule has 0 aromatic heterocycles. The van der Waals surface area contributed by atoms with Gasteiger partial charge in [-0.1, -0.05) is 12.1 Å². The van der Waals surface area contributed by atoms with E-state index in [2.05, 4.69) is 0 Å². The van der Waals surface area contributed by atoms with Crippen molar-refractivity contribution < 1.29 is 23.0 Å². The molecule has 1 aromatic carbocycles. The summed E-state index contributed by atoms with van der Waals surface area (Å²) in [5.41, 5.74) is -1.34. The number of ether oxygens (including phenoxy) is 1. The summed E-state index contributed by atoms with van der Waals surface area (Å²) in [6.45, 7) is 1.44. The van der Waals surface area contributed by atoms with Crippen LogP contribution in [0.5, 0.6) is 0 Å². The maximum Gasteiger partial charge on any atom is 0.416 e. The quantitative estimate of drug-likeness (QED) is 0.855.